The number of furan rings is 1. The number of carbonyl (C=O) groups excluding carboxylic acids is 1. The molecule has 0 bridgehead atoms. The van der Waals surface area contributed by atoms with Gasteiger partial charge in [0.15, 0.2) is 5.76 Å². The average molecular weight is 572 g/mol. The van der Waals surface area contributed by atoms with Gasteiger partial charge in [-0.2, -0.15) is 5.10 Å². The fraction of sp³-hybridized carbons (Fsp3) is 0.0526. The van der Waals surface area contributed by atoms with Gasteiger partial charge in [0, 0.05) is 0 Å². The molecule has 3 aromatic rings. The largest absolute Gasteiger partial charge is 0.487 e. The molecule has 1 heterocycles. The topological polar surface area (TPSA) is 63.8 Å². The summed E-state index contributed by atoms with van der Waals surface area (Å²) < 4.78 is 12.9. The van der Waals surface area contributed by atoms with Crippen molar-refractivity contribution in [2.75, 3.05) is 0 Å². The normalized spacial score (nSPS) is 10.8. The van der Waals surface area contributed by atoms with Crippen molar-refractivity contribution in [3.63, 3.8) is 0 Å². The molecule has 0 saturated carbocycles. The zero-order valence-electron chi connectivity index (χ0n) is 13.5. The highest BCUT2D eigenvalue weighted by molar-refractivity contribution is 14.1. The fourth-order valence-corrected chi connectivity index (χ4v) is 4.28. The Labute approximate surface area is 178 Å². The number of rotatable bonds is 6. The van der Waals surface area contributed by atoms with Crippen LogP contribution in [0.2, 0.25) is 0 Å². The van der Waals surface area contributed by atoms with Crippen LogP contribution in [0, 0.1) is 7.14 Å². The molecule has 26 heavy (non-hydrogen) atoms. The van der Waals surface area contributed by atoms with Crippen molar-refractivity contribution in [3.8, 4) is 5.75 Å². The van der Waals surface area contributed by atoms with Crippen LogP contribution in [0.1, 0.15) is 21.7 Å². The third kappa shape index (κ3) is 5.07. The van der Waals surface area contributed by atoms with E-state index in [1.165, 1.54) is 6.26 Å². The molecule has 0 unspecified atom stereocenters. The van der Waals surface area contributed by atoms with Gasteiger partial charge in [0.1, 0.15) is 12.4 Å². The van der Waals surface area contributed by atoms with Crippen LogP contribution < -0.4 is 10.2 Å². The number of nitrogens with one attached hydrogen (secondary N) is 1. The highest BCUT2D eigenvalue weighted by Gasteiger charge is 2.09. The maximum atomic E-state index is 11.8. The van der Waals surface area contributed by atoms with E-state index in [0.29, 0.717) is 6.61 Å². The minimum absolute atomic E-state index is 0.218. The average Bonchev–Trinajstić information content (AvgIpc) is 3.16. The Balaban J connectivity index is 1.64. The first-order valence-corrected chi connectivity index (χ1v) is 9.82. The van der Waals surface area contributed by atoms with Gasteiger partial charge in [-0.25, -0.2) is 5.43 Å². The smallest absolute Gasteiger partial charge is 0.307 e. The third-order valence-electron chi connectivity index (χ3n) is 3.37. The first-order valence-electron chi connectivity index (χ1n) is 7.66. The van der Waals surface area contributed by atoms with Crippen LogP contribution in [0.5, 0.6) is 5.75 Å². The lowest BCUT2D eigenvalue weighted by atomic mass is 10.2. The number of hydrazone groups is 1. The van der Waals surface area contributed by atoms with Crippen molar-refractivity contribution in [2.45, 2.75) is 6.61 Å². The molecule has 0 aliphatic rings. The summed E-state index contributed by atoms with van der Waals surface area (Å²) in [5.74, 6) is 0.668. The summed E-state index contributed by atoms with van der Waals surface area (Å²) in [7, 11) is 0. The molecule has 1 aromatic heterocycles. The van der Waals surface area contributed by atoms with Crippen molar-refractivity contribution in [1.82, 2.24) is 5.43 Å². The van der Waals surface area contributed by atoms with Gasteiger partial charge in [0.25, 0.3) is 0 Å². The van der Waals surface area contributed by atoms with Gasteiger partial charge in [-0.15, -0.1) is 0 Å². The molecule has 7 heteroatoms. The molecule has 0 fully saturated rings. The van der Waals surface area contributed by atoms with Gasteiger partial charge in [-0.3, -0.25) is 4.79 Å². The van der Waals surface area contributed by atoms with Gasteiger partial charge in [-0.05, 0) is 80.6 Å². The number of halogens is 2. The van der Waals surface area contributed by atoms with Crippen LogP contribution in [0.3, 0.4) is 0 Å². The Hall–Kier alpha value is -1.88. The Bertz CT molecular complexity index is 887. The maximum Gasteiger partial charge on any atom is 0.307 e. The summed E-state index contributed by atoms with van der Waals surface area (Å²) >= 11 is 4.47. The van der Waals surface area contributed by atoms with E-state index < -0.39 is 5.91 Å². The summed E-state index contributed by atoms with van der Waals surface area (Å²) in [6.07, 6.45) is 3.03. The molecule has 0 aliphatic heterocycles. The number of hydrogen-bond acceptors (Lipinski definition) is 4. The van der Waals surface area contributed by atoms with Crippen LogP contribution in [0.25, 0.3) is 0 Å². The molecule has 0 atom stereocenters. The van der Waals surface area contributed by atoms with E-state index in [2.05, 4.69) is 55.7 Å². The SMILES string of the molecule is O=C(N/N=C\c1cc(I)c(OCc2ccccc2)c(I)c1)c1ccco1. The third-order valence-corrected chi connectivity index (χ3v) is 4.97. The lowest BCUT2D eigenvalue weighted by Gasteiger charge is -2.11. The maximum absolute atomic E-state index is 11.8. The van der Waals surface area contributed by atoms with E-state index >= 15 is 0 Å². The second-order valence-electron chi connectivity index (χ2n) is 5.26. The fourth-order valence-electron chi connectivity index (χ4n) is 2.15. The quantitative estimate of drug-likeness (QED) is 0.262. The summed E-state index contributed by atoms with van der Waals surface area (Å²) in [5, 5.41) is 3.97. The summed E-state index contributed by atoms with van der Waals surface area (Å²) in [6.45, 7) is 0.513. The number of carbonyl (C=O) groups is 1. The van der Waals surface area contributed by atoms with Gasteiger partial charge in [-0.1, -0.05) is 30.3 Å². The molecule has 5 nitrogen and oxygen atoms in total. The van der Waals surface area contributed by atoms with Crippen LogP contribution in [-0.2, 0) is 6.61 Å². The van der Waals surface area contributed by atoms with Gasteiger partial charge < -0.3 is 9.15 Å². The molecular weight excluding hydrogens is 558 g/mol. The van der Waals surface area contributed by atoms with Crippen LogP contribution in [-0.4, -0.2) is 12.1 Å². The van der Waals surface area contributed by atoms with E-state index in [9.17, 15) is 4.79 Å². The zero-order valence-corrected chi connectivity index (χ0v) is 17.8. The molecule has 0 saturated heterocycles. The lowest BCUT2D eigenvalue weighted by molar-refractivity contribution is 0.0927. The summed E-state index contributed by atoms with van der Waals surface area (Å²) in [5.41, 5.74) is 4.42. The van der Waals surface area contributed by atoms with Gasteiger partial charge in [0.2, 0.25) is 0 Å². The van der Waals surface area contributed by atoms with Crippen LogP contribution in [0.4, 0.5) is 0 Å². The van der Waals surface area contributed by atoms with E-state index in [-0.39, 0.29) is 5.76 Å². The predicted molar refractivity (Wildman–Crippen MR) is 116 cm³/mol. The minimum Gasteiger partial charge on any atom is -0.487 e. The monoisotopic (exact) mass is 572 g/mol. The molecule has 0 aliphatic carbocycles. The molecule has 0 radical (unpaired) electrons. The predicted octanol–water partition coefficient (Wildman–Crippen LogP) is 4.83. The van der Waals surface area contributed by atoms with Crippen molar-refractivity contribution >= 4 is 57.3 Å². The van der Waals surface area contributed by atoms with Crippen molar-refractivity contribution in [3.05, 3.63) is 84.9 Å². The first kappa shape index (κ1) is 18.9. The van der Waals surface area contributed by atoms with Crippen LogP contribution >= 0.6 is 45.2 Å². The number of nitrogens with zero attached hydrogens (tertiary/aromatic N) is 1. The van der Waals surface area contributed by atoms with Crippen molar-refractivity contribution in [1.29, 1.82) is 0 Å². The number of amides is 1. The summed E-state index contributed by atoms with van der Waals surface area (Å²) in [6, 6.07) is 17.2. The minimum atomic E-state index is -0.390. The molecule has 1 N–H and O–H groups in total. The van der Waals surface area contributed by atoms with E-state index in [1.807, 2.05) is 42.5 Å². The number of hydrogen-bond donors (Lipinski definition) is 1. The summed E-state index contributed by atoms with van der Waals surface area (Å²) in [4.78, 5) is 11.8. The van der Waals surface area contributed by atoms with E-state index in [4.69, 9.17) is 9.15 Å². The molecule has 0 spiro atoms. The molecule has 132 valence electrons. The molecular formula is C19H14I2N2O3. The molecule has 1 amide bonds. The number of benzene rings is 2. The Morgan fingerprint density at radius 2 is 1.85 bits per heavy atom. The Kier molecular flexibility index (Phi) is 6.67. The highest BCUT2D eigenvalue weighted by atomic mass is 127. The molecule has 2 aromatic carbocycles. The van der Waals surface area contributed by atoms with E-state index in [0.717, 1.165) is 24.0 Å². The second kappa shape index (κ2) is 9.17. The van der Waals surface area contributed by atoms with Gasteiger partial charge >= 0.3 is 5.91 Å². The van der Waals surface area contributed by atoms with Crippen molar-refractivity contribution in [2.24, 2.45) is 5.10 Å². The van der Waals surface area contributed by atoms with Gasteiger partial charge in [0.05, 0.1) is 19.6 Å². The zero-order chi connectivity index (χ0) is 18.4. The number of ether oxygens (including phenoxy) is 1. The molecule has 3 rings (SSSR count). The first-order chi connectivity index (χ1) is 12.6. The lowest BCUT2D eigenvalue weighted by Crippen LogP contribution is -2.16. The second-order valence-corrected chi connectivity index (χ2v) is 7.59. The van der Waals surface area contributed by atoms with Crippen LogP contribution in [0.15, 0.2) is 70.4 Å². The Morgan fingerprint density at radius 3 is 2.50 bits per heavy atom. The van der Waals surface area contributed by atoms with Crippen molar-refractivity contribution < 1.29 is 13.9 Å². The van der Waals surface area contributed by atoms with E-state index in [1.54, 1.807) is 18.3 Å². The Morgan fingerprint density at radius 1 is 1.12 bits per heavy atom. The highest BCUT2D eigenvalue weighted by Crippen LogP contribution is 2.29. The standard InChI is InChI=1S/C19H14I2N2O3/c20-15-9-14(11-22-23-19(24)17-7-4-8-25-17)10-16(21)18(15)26-12-13-5-2-1-3-6-13/h1-11H,12H2,(H,23,24)/b22-11-.